The Morgan fingerprint density at radius 3 is 2.62 bits per heavy atom. The minimum atomic E-state index is -0.157. The second-order valence-electron chi connectivity index (χ2n) is 6.45. The SMILES string of the molecule is CCOC(=O)Cc1c(C)n(C)c2cc3c(cc12)CN(CCOC)C3. The Kier molecular flexibility index (Phi) is 4.92. The highest BCUT2D eigenvalue weighted by molar-refractivity contribution is 5.90. The summed E-state index contributed by atoms with van der Waals surface area (Å²) in [5.74, 6) is -0.157. The number of carbonyl (C=O) groups excluding carboxylic acids is 1. The zero-order valence-electron chi connectivity index (χ0n) is 15.0. The number of carbonyl (C=O) groups is 1. The van der Waals surface area contributed by atoms with Crippen molar-refractivity contribution in [3.63, 3.8) is 0 Å². The van der Waals surface area contributed by atoms with Crippen LogP contribution in [0.15, 0.2) is 12.1 Å². The molecule has 0 spiro atoms. The number of methoxy groups -OCH3 is 1. The van der Waals surface area contributed by atoms with Crippen molar-refractivity contribution >= 4 is 16.9 Å². The number of hydrogen-bond donors (Lipinski definition) is 0. The average molecular weight is 330 g/mol. The van der Waals surface area contributed by atoms with Crippen LogP contribution in [0.2, 0.25) is 0 Å². The molecule has 2 aromatic rings. The van der Waals surface area contributed by atoms with Crippen molar-refractivity contribution in [2.45, 2.75) is 33.4 Å². The van der Waals surface area contributed by atoms with Crippen molar-refractivity contribution in [3.8, 4) is 0 Å². The number of ether oxygens (including phenoxy) is 2. The first kappa shape index (κ1) is 17.0. The summed E-state index contributed by atoms with van der Waals surface area (Å²) >= 11 is 0. The largest absolute Gasteiger partial charge is 0.466 e. The second kappa shape index (κ2) is 6.95. The van der Waals surface area contributed by atoms with E-state index < -0.39 is 0 Å². The smallest absolute Gasteiger partial charge is 0.310 e. The Hall–Kier alpha value is -1.85. The monoisotopic (exact) mass is 330 g/mol. The molecule has 130 valence electrons. The fourth-order valence-electron chi connectivity index (χ4n) is 3.56. The van der Waals surface area contributed by atoms with Gasteiger partial charge in [-0.3, -0.25) is 9.69 Å². The molecule has 5 nitrogen and oxygen atoms in total. The van der Waals surface area contributed by atoms with Gasteiger partial charge in [-0.15, -0.1) is 0 Å². The second-order valence-corrected chi connectivity index (χ2v) is 6.45. The lowest BCUT2D eigenvalue weighted by molar-refractivity contribution is -0.142. The van der Waals surface area contributed by atoms with Gasteiger partial charge in [0.25, 0.3) is 0 Å². The van der Waals surface area contributed by atoms with Gasteiger partial charge in [-0.2, -0.15) is 0 Å². The Morgan fingerprint density at radius 1 is 1.25 bits per heavy atom. The van der Waals surface area contributed by atoms with Gasteiger partial charge in [0.05, 0.1) is 19.6 Å². The fourth-order valence-corrected chi connectivity index (χ4v) is 3.56. The quantitative estimate of drug-likeness (QED) is 0.764. The zero-order valence-corrected chi connectivity index (χ0v) is 15.0. The molecule has 0 fully saturated rings. The number of rotatable bonds is 6. The van der Waals surface area contributed by atoms with Crippen LogP contribution in [0.5, 0.6) is 0 Å². The van der Waals surface area contributed by atoms with E-state index in [4.69, 9.17) is 9.47 Å². The van der Waals surface area contributed by atoms with E-state index in [1.165, 1.54) is 22.0 Å². The van der Waals surface area contributed by atoms with Gasteiger partial charge >= 0.3 is 5.97 Å². The molecular weight excluding hydrogens is 304 g/mol. The van der Waals surface area contributed by atoms with Gasteiger partial charge in [0.1, 0.15) is 0 Å². The lowest BCUT2D eigenvalue weighted by atomic mass is 10.0. The van der Waals surface area contributed by atoms with E-state index in [2.05, 4.69) is 35.6 Å². The van der Waals surface area contributed by atoms with Gasteiger partial charge in [0.2, 0.25) is 0 Å². The van der Waals surface area contributed by atoms with E-state index in [1.54, 1.807) is 7.11 Å². The summed E-state index contributed by atoms with van der Waals surface area (Å²) in [4.78, 5) is 14.4. The first-order valence-electron chi connectivity index (χ1n) is 8.51. The fraction of sp³-hybridized carbons (Fsp3) is 0.526. The molecule has 0 saturated carbocycles. The van der Waals surface area contributed by atoms with Crippen LogP contribution < -0.4 is 0 Å². The van der Waals surface area contributed by atoms with E-state index in [1.807, 2.05) is 6.92 Å². The summed E-state index contributed by atoms with van der Waals surface area (Å²) in [7, 11) is 3.80. The van der Waals surface area contributed by atoms with Crippen LogP contribution in [0.25, 0.3) is 10.9 Å². The summed E-state index contributed by atoms with van der Waals surface area (Å²) < 4.78 is 12.5. The van der Waals surface area contributed by atoms with Gasteiger partial charge in [-0.25, -0.2) is 0 Å². The molecule has 1 aromatic heterocycles. The number of esters is 1. The summed E-state index contributed by atoms with van der Waals surface area (Å²) in [5, 5.41) is 1.18. The number of aromatic nitrogens is 1. The van der Waals surface area contributed by atoms with Crippen LogP contribution in [0.4, 0.5) is 0 Å². The summed E-state index contributed by atoms with van der Waals surface area (Å²) in [6.07, 6.45) is 0.336. The molecule has 0 N–H and O–H groups in total. The topological polar surface area (TPSA) is 43.7 Å². The third kappa shape index (κ3) is 3.06. The summed E-state index contributed by atoms with van der Waals surface area (Å²) in [5.41, 5.74) is 6.15. The van der Waals surface area contributed by atoms with Gasteiger partial charge in [-0.05, 0) is 42.7 Å². The predicted octanol–water partition coefficient (Wildman–Crippen LogP) is 2.55. The Balaban J connectivity index is 1.95. The number of benzene rings is 1. The molecular formula is C19H26N2O3. The van der Waals surface area contributed by atoms with Gasteiger partial charge in [0.15, 0.2) is 0 Å². The maximum Gasteiger partial charge on any atom is 0.310 e. The van der Waals surface area contributed by atoms with Crippen LogP contribution in [-0.4, -0.2) is 42.3 Å². The minimum Gasteiger partial charge on any atom is -0.466 e. The van der Waals surface area contributed by atoms with Crippen LogP contribution in [0, 0.1) is 6.92 Å². The summed E-state index contributed by atoms with van der Waals surface area (Å²) in [6.45, 7) is 7.94. The van der Waals surface area contributed by atoms with Crippen LogP contribution in [0.1, 0.15) is 29.3 Å². The highest BCUT2D eigenvalue weighted by Crippen LogP contribution is 2.32. The molecule has 1 aliphatic heterocycles. The molecule has 0 saturated heterocycles. The first-order valence-corrected chi connectivity index (χ1v) is 8.51. The maximum atomic E-state index is 12.0. The van der Waals surface area contributed by atoms with Gasteiger partial charge < -0.3 is 14.0 Å². The van der Waals surface area contributed by atoms with Gasteiger partial charge in [-0.1, -0.05) is 0 Å². The van der Waals surface area contributed by atoms with Gasteiger partial charge in [0, 0.05) is 50.4 Å². The standard InChI is InChI=1S/C19H26N2O3/c1-5-24-19(22)10-16-13(2)20(3)18-9-15-12-21(6-7-23-4)11-14(15)8-17(16)18/h8-9H,5-7,10-12H2,1-4H3. The van der Waals surface area contributed by atoms with Crippen molar-refractivity contribution in [1.29, 1.82) is 0 Å². The molecule has 5 heteroatoms. The number of hydrogen-bond acceptors (Lipinski definition) is 4. The predicted molar refractivity (Wildman–Crippen MR) is 94.0 cm³/mol. The lowest BCUT2D eigenvalue weighted by Crippen LogP contribution is -2.21. The van der Waals surface area contributed by atoms with E-state index in [9.17, 15) is 4.79 Å². The average Bonchev–Trinajstić information content (AvgIpc) is 3.05. The molecule has 24 heavy (non-hydrogen) atoms. The summed E-state index contributed by atoms with van der Waals surface area (Å²) in [6, 6.07) is 4.54. The highest BCUT2D eigenvalue weighted by atomic mass is 16.5. The molecule has 3 rings (SSSR count). The van der Waals surface area contributed by atoms with Crippen molar-refractivity contribution in [1.82, 2.24) is 9.47 Å². The third-order valence-electron chi connectivity index (χ3n) is 4.97. The molecule has 0 atom stereocenters. The molecule has 0 aliphatic carbocycles. The van der Waals surface area contributed by atoms with E-state index >= 15 is 0 Å². The number of fused-ring (bicyclic) bond motifs is 2. The molecule has 2 heterocycles. The molecule has 1 aliphatic rings. The van der Waals surface area contributed by atoms with Crippen LogP contribution in [-0.2, 0) is 40.8 Å². The maximum absolute atomic E-state index is 12.0. The Bertz CT molecular complexity index is 764. The Labute approximate surface area is 143 Å². The molecule has 0 unspecified atom stereocenters. The van der Waals surface area contributed by atoms with E-state index in [0.29, 0.717) is 13.0 Å². The zero-order chi connectivity index (χ0) is 17.3. The molecule has 0 bridgehead atoms. The highest BCUT2D eigenvalue weighted by Gasteiger charge is 2.23. The van der Waals surface area contributed by atoms with Crippen molar-refractivity contribution in [3.05, 3.63) is 34.5 Å². The van der Waals surface area contributed by atoms with Crippen LogP contribution in [0.3, 0.4) is 0 Å². The number of aryl methyl sites for hydroxylation is 1. The normalized spacial score (nSPS) is 14.3. The molecule has 0 radical (unpaired) electrons. The van der Waals surface area contributed by atoms with Crippen molar-refractivity contribution < 1.29 is 14.3 Å². The van der Waals surface area contributed by atoms with Crippen molar-refractivity contribution in [2.75, 3.05) is 26.9 Å². The molecule has 0 amide bonds. The third-order valence-corrected chi connectivity index (χ3v) is 4.97. The molecule has 1 aromatic carbocycles. The minimum absolute atomic E-state index is 0.157. The lowest BCUT2D eigenvalue weighted by Gasteiger charge is -2.13. The van der Waals surface area contributed by atoms with Crippen LogP contribution >= 0.6 is 0 Å². The van der Waals surface area contributed by atoms with Crippen molar-refractivity contribution in [2.24, 2.45) is 7.05 Å². The number of nitrogens with zero attached hydrogens (tertiary/aromatic N) is 2. The van der Waals surface area contributed by atoms with E-state index in [-0.39, 0.29) is 5.97 Å². The first-order chi connectivity index (χ1) is 11.5. The van der Waals surface area contributed by atoms with E-state index in [0.717, 1.165) is 37.5 Å². The Morgan fingerprint density at radius 2 is 1.96 bits per heavy atom.